The normalized spacial score (nSPS) is 12.5. The number of hydrogen-bond acceptors (Lipinski definition) is 2. The van der Waals surface area contributed by atoms with E-state index < -0.39 is 5.82 Å². The van der Waals surface area contributed by atoms with Gasteiger partial charge in [0.25, 0.3) is 0 Å². The quantitative estimate of drug-likeness (QED) is 0.622. The number of halogens is 2. The van der Waals surface area contributed by atoms with Crippen LogP contribution < -0.4 is 5.73 Å². The van der Waals surface area contributed by atoms with Crippen molar-refractivity contribution in [2.75, 3.05) is 13.2 Å². The Labute approximate surface area is 93.5 Å². The van der Waals surface area contributed by atoms with Crippen LogP contribution in [0.15, 0.2) is 30.9 Å². The molecule has 1 unspecified atom stereocenters. The van der Waals surface area contributed by atoms with Gasteiger partial charge in [-0.15, -0.1) is 6.58 Å². The van der Waals surface area contributed by atoms with Crippen molar-refractivity contribution >= 4 is 11.6 Å². The van der Waals surface area contributed by atoms with E-state index in [9.17, 15) is 4.39 Å². The molecule has 2 nitrogen and oxygen atoms in total. The monoisotopic (exact) mass is 229 g/mol. The fourth-order valence-electron chi connectivity index (χ4n) is 1.12. The van der Waals surface area contributed by atoms with Gasteiger partial charge in [-0.1, -0.05) is 23.7 Å². The zero-order valence-electron chi connectivity index (χ0n) is 8.25. The summed E-state index contributed by atoms with van der Waals surface area (Å²) in [6.45, 7) is 4.27. The lowest BCUT2D eigenvalue weighted by Gasteiger charge is -2.12. The van der Waals surface area contributed by atoms with Gasteiger partial charge in [-0.3, -0.25) is 0 Å². The van der Waals surface area contributed by atoms with Crippen LogP contribution in [0.25, 0.3) is 0 Å². The summed E-state index contributed by atoms with van der Waals surface area (Å²) in [6, 6.07) is 4.15. The van der Waals surface area contributed by atoms with Crippen LogP contribution in [0.4, 0.5) is 4.39 Å². The van der Waals surface area contributed by atoms with Crippen molar-refractivity contribution in [3.63, 3.8) is 0 Å². The van der Waals surface area contributed by atoms with E-state index in [0.717, 1.165) is 0 Å². The summed E-state index contributed by atoms with van der Waals surface area (Å²) in [6.07, 6.45) is 1.63. The summed E-state index contributed by atoms with van der Waals surface area (Å²) < 4.78 is 18.3. The van der Waals surface area contributed by atoms with Crippen LogP contribution in [-0.4, -0.2) is 13.2 Å². The molecule has 0 aliphatic heterocycles. The lowest BCUT2D eigenvalue weighted by Crippen LogP contribution is -2.17. The van der Waals surface area contributed by atoms with E-state index in [0.29, 0.717) is 18.8 Å². The van der Waals surface area contributed by atoms with Gasteiger partial charge < -0.3 is 10.5 Å². The maximum absolute atomic E-state index is 13.1. The van der Waals surface area contributed by atoms with Crippen molar-refractivity contribution in [3.05, 3.63) is 47.3 Å². The molecule has 4 heteroatoms. The number of benzene rings is 1. The standard InChI is InChI=1S/C11H13ClFNO/c1-2-5-15-7-11(14)8-3-4-9(12)10(13)6-8/h2-4,6,11H,1,5,7,14H2. The summed E-state index contributed by atoms with van der Waals surface area (Å²) in [5.74, 6) is -0.465. The minimum atomic E-state index is -0.465. The van der Waals surface area contributed by atoms with Crippen LogP contribution in [0, 0.1) is 5.82 Å². The molecule has 0 fully saturated rings. The third kappa shape index (κ3) is 3.63. The molecule has 1 atom stereocenters. The van der Waals surface area contributed by atoms with Crippen LogP contribution in [-0.2, 0) is 4.74 Å². The third-order valence-electron chi connectivity index (χ3n) is 1.90. The molecular weight excluding hydrogens is 217 g/mol. The Hall–Kier alpha value is -0.900. The van der Waals surface area contributed by atoms with Crippen molar-refractivity contribution in [1.82, 2.24) is 0 Å². The topological polar surface area (TPSA) is 35.2 Å². The fourth-order valence-corrected chi connectivity index (χ4v) is 1.24. The number of hydrogen-bond donors (Lipinski definition) is 1. The summed E-state index contributed by atoms with van der Waals surface area (Å²) in [5, 5.41) is 0.0953. The highest BCUT2D eigenvalue weighted by Crippen LogP contribution is 2.19. The first-order chi connectivity index (χ1) is 7.15. The van der Waals surface area contributed by atoms with Gasteiger partial charge >= 0.3 is 0 Å². The van der Waals surface area contributed by atoms with E-state index >= 15 is 0 Å². The molecule has 0 spiro atoms. The Bertz CT molecular complexity index is 343. The molecule has 82 valence electrons. The minimum absolute atomic E-state index is 0.0953. The van der Waals surface area contributed by atoms with E-state index in [-0.39, 0.29) is 11.1 Å². The van der Waals surface area contributed by atoms with Crippen LogP contribution in [0.1, 0.15) is 11.6 Å². The van der Waals surface area contributed by atoms with Gasteiger partial charge in [-0.25, -0.2) is 4.39 Å². The molecule has 0 aliphatic rings. The lowest BCUT2D eigenvalue weighted by atomic mass is 10.1. The molecule has 2 N–H and O–H groups in total. The van der Waals surface area contributed by atoms with E-state index in [4.69, 9.17) is 22.1 Å². The number of nitrogens with two attached hydrogens (primary N) is 1. The third-order valence-corrected chi connectivity index (χ3v) is 2.21. The van der Waals surface area contributed by atoms with Gasteiger partial charge in [0.05, 0.1) is 24.3 Å². The molecule has 0 saturated heterocycles. The number of rotatable bonds is 5. The van der Waals surface area contributed by atoms with Crippen molar-refractivity contribution in [3.8, 4) is 0 Å². The molecule has 0 saturated carbocycles. The van der Waals surface area contributed by atoms with Gasteiger partial charge in [0, 0.05) is 0 Å². The SMILES string of the molecule is C=CCOCC(N)c1ccc(Cl)c(F)c1. The van der Waals surface area contributed by atoms with E-state index in [2.05, 4.69) is 6.58 Å². The predicted octanol–water partition coefficient (Wildman–Crippen LogP) is 2.68. The minimum Gasteiger partial charge on any atom is -0.375 e. The second kappa shape index (κ2) is 5.85. The summed E-state index contributed by atoms with van der Waals surface area (Å²) in [4.78, 5) is 0. The Morgan fingerprint density at radius 3 is 2.93 bits per heavy atom. The zero-order chi connectivity index (χ0) is 11.3. The van der Waals surface area contributed by atoms with Crippen LogP contribution >= 0.6 is 11.6 Å². The molecule has 15 heavy (non-hydrogen) atoms. The Balaban J connectivity index is 2.61. The Morgan fingerprint density at radius 2 is 2.33 bits per heavy atom. The first kappa shape index (κ1) is 12.2. The number of ether oxygens (including phenoxy) is 1. The summed E-state index contributed by atoms with van der Waals surface area (Å²) in [5.41, 5.74) is 6.45. The smallest absolute Gasteiger partial charge is 0.142 e. The summed E-state index contributed by atoms with van der Waals surface area (Å²) in [7, 11) is 0. The van der Waals surface area contributed by atoms with Crippen LogP contribution in [0.5, 0.6) is 0 Å². The predicted molar refractivity (Wildman–Crippen MR) is 59.4 cm³/mol. The van der Waals surface area contributed by atoms with Crippen molar-refractivity contribution in [1.29, 1.82) is 0 Å². The van der Waals surface area contributed by atoms with Crippen LogP contribution in [0.2, 0.25) is 5.02 Å². The molecule has 1 rings (SSSR count). The molecule has 0 aliphatic carbocycles. The van der Waals surface area contributed by atoms with Crippen molar-refractivity contribution in [2.45, 2.75) is 6.04 Å². The highest BCUT2D eigenvalue weighted by molar-refractivity contribution is 6.30. The Morgan fingerprint density at radius 1 is 1.60 bits per heavy atom. The van der Waals surface area contributed by atoms with Gasteiger partial charge in [0.2, 0.25) is 0 Å². The van der Waals surface area contributed by atoms with Crippen molar-refractivity contribution < 1.29 is 9.13 Å². The molecule has 0 aromatic heterocycles. The molecule has 1 aromatic carbocycles. The summed E-state index contributed by atoms with van der Waals surface area (Å²) >= 11 is 5.55. The van der Waals surface area contributed by atoms with Gasteiger partial charge in [-0.05, 0) is 17.7 Å². The van der Waals surface area contributed by atoms with Gasteiger partial charge in [0.1, 0.15) is 5.82 Å². The van der Waals surface area contributed by atoms with E-state index in [1.807, 2.05) is 0 Å². The molecule has 0 radical (unpaired) electrons. The fraction of sp³-hybridized carbons (Fsp3) is 0.273. The molecule has 1 aromatic rings. The average molecular weight is 230 g/mol. The first-order valence-corrected chi connectivity index (χ1v) is 4.92. The molecular formula is C11H13ClFNO. The Kier molecular flexibility index (Phi) is 4.75. The molecule has 0 heterocycles. The maximum atomic E-state index is 13.1. The second-order valence-corrected chi connectivity index (χ2v) is 3.51. The van der Waals surface area contributed by atoms with Crippen LogP contribution in [0.3, 0.4) is 0 Å². The van der Waals surface area contributed by atoms with Gasteiger partial charge in [0.15, 0.2) is 0 Å². The molecule has 0 amide bonds. The van der Waals surface area contributed by atoms with Crippen molar-refractivity contribution in [2.24, 2.45) is 5.73 Å². The molecule has 0 bridgehead atoms. The van der Waals surface area contributed by atoms with Gasteiger partial charge in [-0.2, -0.15) is 0 Å². The second-order valence-electron chi connectivity index (χ2n) is 3.11. The van der Waals surface area contributed by atoms with E-state index in [1.54, 1.807) is 12.1 Å². The largest absolute Gasteiger partial charge is 0.375 e. The highest BCUT2D eigenvalue weighted by Gasteiger charge is 2.08. The highest BCUT2D eigenvalue weighted by atomic mass is 35.5. The average Bonchev–Trinajstić information content (AvgIpc) is 2.22. The zero-order valence-corrected chi connectivity index (χ0v) is 9.01. The maximum Gasteiger partial charge on any atom is 0.142 e. The lowest BCUT2D eigenvalue weighted by molar-refractivity contribution is 0.147. The van der Waals surface area contributed by atoms with E-state index in [1.165, 1.54) is 12.1 Å². The first-order valence-electron chi connectivity index (χ1n) is 4.54.